The van der Waals surface area contributed by atoms with Gasteiger partial charge in [-0.05, 0) is 42.9 Å². The van der Waals surface area contributed by atoms with E-state index in [1.54, 1.807) is 4.90 Å². The van der Waals surface area contributed by atoms with Gasteiger partial charge in [0.05, 0.1) is 42.1 Å². The third kappa shape index (κ3) is 3.97. The molecule has 0 radical (unpaired) electrons. The molecule has 0 unspecified atom stereocenters. The Morgan fingerprint density at radius 3 is 2.53 bits per heavy atom. The molecule has 12 heteroatoms. The van der Waals surface area contributed by atoms with Gasteiger partial charge in [-0.1, -0.05) is 6.92 Å². The van der Waals surface area contributed by atoms with Crippen LogP contribution in [0.3, 0.4) is 0 Å². The van der Waals surface area contributed by atoms with Gasteiger partial charge in [0.1, 0.15) is 11.6 Å². The zero-order chi connectivity index (χ0) is 24.0. The second-order valence-electron chi connectivity index (χ2n) is 8.67. The molecule has 2 aliphatic heterocycles. The van der Waals surface area contributed by atoms with Gasteiger partial charge in [0.15, 0.2) is 5.69 Å². The van der Waals surface area contributed by atoms with Crippen LogP contribution in [0, 0.1) is 17.7 Å². The van der Waals surface area contributed by atoms with Crippen LogP contribution in [-0.4, -0.2) is 54.4 Å². The Kier molecular flexibility index (Phi) is 5.45. The minimum absolute atomic E-state index is 0.000822. The molecule has 1 N–H and O–H groups in total. The summed E-state index contributed by atoms with van der Waals surface area (Å²) in [4.78, 5) is 24.0. The summed E-state index contributed by atoms with van der Waals surface area (Å²) in [6.45, 7) is 2.32. The van der Waals surface area contributed by atoms with Gasteiger partial charge in [0.2, 0.25) is 0 Å². The second-order valence-corrected chi connectivity index (χ2v) is 8.67. The lowest BCUT2D eigenvalue weighted by Crippen LogP contribution is -2.64. The number of anilines is 1. The first-order valence-corrected chi connectivity index (χ1v) is 10.8. The lowest BCUT2D eigenvalue weighted by molar-refractivity contribution is -0.141. The van der Waals surface area contributed by atoms with Crippen LogP contribution in [0.15, 0.2) is 43.0 Å². The van der Waals surface area contributed by atoms with Crippen LogP contribution in [0.1, 0.15) is 35.8 Å². The first-order chi connectivity index (χ1) is 16.2. The fourth-order valence-electron chi connectivity index (χ4n) is 4.83. The van der Waals surface area contributed by atoms with Crippen LogP contribution >= 0.6 is 0 Å². The number of benzene rings is 1. The molecular formula is C22H21F4N7O. The quantitative estimate of drug-likeness (QED) is 0.568. The van der Waals surface area contributed by atoms with Gasteiger partial charge in [0, 0.05) is 12.6 Å². The summed E-state index contributed by atoms with van der Waals surface area (Å²) in [6, 6.07) is 3.62. The predicted molar refractivity (Wildman–Crippen MR) is 112 cm³/mol. The van der Waals surface area contributed by atoms with Crippen molar-refractivity contribution in [2.75, 3.05) is 11.9 Å². The van der Waals surface area contributed by atoms with Crippen molar-refractivity contribution in [1.82, 2.24) is 29.9 Å². The first kappa shape index (κ1) is 22.2. The summed E-state index contributed by atoms with van der Waals surface area (Å²) in [7, 11) is 0. The van der Waals surface area contributed by atoms with E-state index >= 15 is 0 Å². The van der Waals surface area contributed by atoms with E-state index in [4.69, 9.17) is 0 Å². The molecule has 2 aromatic heterocycles. The molecule has 1 aromatic carbocycles. The summed E-state index contributed by atoms with van der Waals surface area (Å²) >= 11 is 0. The van der Waals surface area contributed by atoms with Crippen molar-refractivity contribution < 1.29 is 22.4 Å². The standard InChI is InChI=1S/C22H21F4N7O/c1-12-13-6-15(7-13)32(18(12)9-28-20-11-27-19(10-29-20)22(24,25)26)21(34)16-8-14(23)2-3-17(16)33-30-4-5-31-33/h2-5,8,10-13,15,18H,6-7,9H2,1H3,(H,28,29)/t12-,13?,15?,18-/m1/s1. The Balaban J connectivity index is 1.40. The monoisotopic (exact) mass is 475 g/mol. The van der Waals surface area contributed by atoms with Crippen molar-refractivity contribution in [3.8, 4) is 5.69 Å². The molecule has 3 fully saturated rings. The van der Waals surface area contributed by atoms with Crippen molar-refractivity contribution in [2.24, 2.45) is 11.8 Å². The summed E-state index contributed by atoms with van der Waals surface area (Å²) in [5.41, 5.74) is -0.563. The molecule has 8 nitrogen and oxygen atoms in total. The topological polar surface area (TPSA) is 88.8 Å². The molecule has 6 rings (SSSR count). The second kappa shape index (κ2) is 8.33. The van der Waals surface area contributed by atoms with Crippen LogP contribution in [0.4, 0.5) is 23.4 Å². The fraction of sp³-hybridized carbons (Fsp3) is 0.409. The Morgan fingerprint density at radius 1 is 1.15 bits per heavy atom. The van der Waals surface area contributed by atoms with Gasteiger partial charge in [-0.15, -0.1) is 0 Å². The van der Waals surface area contributed by atoms with Crippen LogP contribution < -0.4 is 5.32 Å². The zero-order valence-electron chi connectivity index (χ0n) is 18.1. The van der Waals surface area contributed by atoms with Crippen molar-refractivity contribution in [2.45, 2.75) is 38.0 Å². The molecule has 3 aromatic rings. The third-order valence-electron chi connectivity index (χ3n) is 6.74. The smallest absolute Gasteiger partial charge is 0.367 e. The average molecular weight is 475 g/mol. The molecule has 0 spiro atoms. The Bertz CT molecular complexity index is 1180. The Morgan fingerprint density at radius 2 is 1.88 bits per heavy atom. The molecule has 3 aliphatic rings. The van der Waals surface area contributed by atoms with Gasteiger partial charge in [-0.3, -0.25) is 4.79 Å². The van der Waals surface area contributed by atoms with E-state index in [0.29, 0.717) is 17.8 Å². The van der Waals surface area contributed by atoms with E-state index in [9.17, 15) is 22.4 Å². The van der Waals surface area contributed by atoms with E-state index in [1.165, 1.54) is 35.4 Å². The highest BCUT2D eigenvalue weighted by Crippen LogP contribution is 2.47. The number of carbonyl (C=O) groups excluding carboxylic acids is 1. The van der Waals surface area contributed by atoms with Gasteiger partial charge >= 0.3 is 6.18 Å². The highest BCUT2D eigenvalue weighted by Gasteiger charge is 2.50. The number of rotatable bonds is 5. The number of carbonyl (C=O) groups is 1. The largest absolute Gasteiger partial charge is 0.434 e. The lowest BCUT2D eigenvalue weighted by atomic mass is 9.64. The average Bonchev–Trinajstić information content (AvgIpc) is 3.31. The number of halogens is 4. The SMILES string of the molecule is C[C@@H]1C2CC(C2)N(C(=O)c2cc(F)ccc2-n2nccn2)[C@@H]1CNc1cnc(C(F)(F)F)cn1. The Labute approximate surface area is 192 Å². The van der Waals surface area contributed by atoms with E-state index in [0.717, 1.165) is 19.0 Å². The van der Waals surface area contributed by atoms with Crippen LogP contribution in [0.25, 0.3) is 5.69 Å². The highest BCUT2D eigenvalue weighted by molar-refractivity contribution is 5.98. The van der Waals surface area contributed by atoms with Crippen LogP contribution in [0.5, 0.6) is 0 Å². The van der Waals surface area contributed by atoms with Crippen LogP contribution in [-0.2, 0) is 6.18 Å². The summed E-state index contributed by atoms with van der Waals surface area (Å²) in [5, 5.41) is 11.2. The van der Waals surface area contributed by atoms with Gasteiger partial charge in [0.25, 0.3) is 5.91 Å². The van der Waals surface area contributed by atoms with Crippen molar-refractivity contribution in [1.29, 1.82) is 0 Å². The molecule has 1 saturated carbocycles. The number of piperidine rings is 2. The molecule has 1 aliphatic carbocycles. The van der Waals surface area contributed by atoms with Gasteiger partial charge in [-0.2, -0.15) is 28.2 Å². The summed E-state index contributed by atoms with van der Waals surface area (Å²) in [5.74, 6) is -0.139. The number of nitrogens with one attached hydrogen (secondary N) is 1. The molecule has 2 atom stereocenters. The summed E-state index contributed by atoms with van der Waals surface area (Å²) in [6.07, 6.45) is 1.77. The summed E-state index contributed by atoms with van der Waals surface area (Å²) < 4.78 is 52.4. The Hall–Kier alpha value is -3.57. The molecule has 34 heavy (non-hydrogen) atoms. The number of alkyl halides is 3. The number of amides is 1. The number of fused-ring (bicyclic) bond motifs is 2. The van der Waals surface area contributed by atoms with E-state index in [-0.39, 0.29) is 41.8 Å². The number of hydrogen-bond donors (Lipinski definition) is 1. The molecule has 178 valence electrons. The molecule has 1 amide bonds. The normalized spacial score (nSPS) is 24.0. The van der Waals surface area contributed by atoms with E-state index in [1.807, 2.05) is 6.92 Å². The maximum atomic E-state index is 14.2. The van der Waals surface area contributed by atoms with Crippen molar-refractivity contribution >= 4 is 11.7 Å². The maximum absolute atomic E-state index is 14.2. The highest BCUT2D eigenvalue weighted by atomic mass is 19.4. The molecule has 2 bridgehead atoms. The number of hydrogen-bond acceptors (Lipinski definition) is 6. The van der Waals surface area contributed by atoms with E-state index in [2.05, 4.69) is 25.5 Å². The molecule has 2 saturated heterocycles. The van der Waals surface area contributed by atoms with Gasteiger partial charge < -0.3 is 10.2 Å². The predicted octanol–water partition coefficient (Wildman–Crippen LogP) is 3.57. The maximum Gasteiger partial charge on any atom is 0.434 e. The minimum atomic E-state index is -4.57. The molecule has 4 heterocycles. The van der Waals surface area contributed by atoms with Crippen LogP contribution in [0.2, 0.25) is 0 Å². The van der Waals surface area contributed by atoms with E-state index < -0.39 is 17.7 Å². The van der Waals surface area contributed by atoms with Crippen molar-refractivity contribution in [3.05, 3.63) is 60.1 Å². The minimum Gasteiger partial charge on any atom is -0.367 e. The number of aromatic nitrogens is 5. The zero-order valence-corrected chi connectivity index (χ0v) is 18.1. The first-order valence-electron chi connectivity index (χ1n) is 10.8. The van der Waals surface area contributed by atoms with Crippen molar-refractivity contribution in [3.63, 3.8) is 0 Å². The third-order valence-corrected chi connectivity index (χ3v) is 6.74. The molecular weight excluding hydrogens is 454 g/mol. The lowest BCUT2D eigenvalue weighted by Gasteiger charge is -2.57. The fourth-order valence-corrected chi connectivity index (χ4v) is 4.83. The number of nitrogens with zero attached hydrogens (tertiary/aromatic N) is 6. The van der Waals surface area contributed by atoms with Gasteiger partial charge in [-0.25, -0.2) is 14.4 Å².